The van der Waals surface area contributed by atoms with Crippen LogP contribution in [0.15, 0.2) is 42.7 Å². The number of anilines is 2. The van der Waals surface area contributed by atoms with Gasteiger partial charge < -0.3 is 10.6 Å². The Morgan fingerprint density at radius 3 is 2.56 bits per heavy atom. The number of nitrogen functional groups attached to an aromatic ring is 1. The van der Waals surface area contributed by atoms with Crippen LogP contribution in [0.2, 0.25) is 0 Å². The number of nitrogens with zero attached hydrogens (tertiary/aromatic N) is 6. The van der Waals surface area contributed by atoms with Gasteiger partial charge >= 0.3 is 0 Å². The molecule has 0 radical (unpaired) electrons. The van der Waals surface area contributed by atoms with Crippen LogP contribution in [0.4, 0.5) is 11.5 Å². The van der Waals surface area contributed by atoms with Crippen molar-refractivity contribution in [3.8, 4) is 0 Å². The fourth-order valence-electron chi connectivity index (χ4n) is 2.97. The number of benzene rings is 1. The van der Waals surface area contributed by atoms with Crippen LogP contribution in [0, 0.1) is 0 Å². The lowest BCUT2D eigenvalue weighted by Gasteiger charge is -2.35. The predicted octanol–water partition coefficient (Wildman–Crippen LogP) is 1.87. The van der Waals surface area contributed by atoms with Crippen LogP contribution in [-0.4, -0.2) is 50.9 Å². The first-order chi connectivity index (χ1) is 11.3. The van der Waals surface area contributed by atoms with Crippen molar-refractivity contribution >= 4 is 42.0 Å². The predicted molar refractivity (Wildman–Crippen MR) is 104 cm³/mol. The minimum Gasteiger partial charge on any atom is -0.399 e. The molecule has 1 aliphatic rings. The molecule has 3 heterocycles. The maximum absolute atomic E-state index is 5.85. The van der Waals surface area contributed by atoms with E-state index in [1.807, 2.05) is 30.3 Å². The summed E-state index contributed by atoms with van der Waals surface area (Å²) in [5, 5.41) is 12.4. The zero-order valence-electron chi connectivity index (χ0n) is 13.7. The molecule has 0 amide bonds. The quantitative estimate of drug-likeness (QED) is 0.697. The molecule has 1 fully saturated rings. The average Bonchev–Trinajstić information content (AvgIpc) is 3.03. The molecule has 134 valence electrons. The maximum atomic E-state index is 5.85. The van der Waals surface area contributed by atoms with Crippen molar-refractivity contribution in [2.24, 2.45) is 0 Å². The van der Waals surface area contributed by atoms with E-state index in [0.29, 0.717) is 0 Å². The van der Waals surface area contributed by atoms with E-state index in [-0.39, 0.29) is 24.8 Å². The van der Waals surface area contributed by atoms with Crippen molar-refractivity contribution in [2.45, 2.75) is 6.54 Å². The number of nitrogens with two attached hydrogens (primary N) is 1. The van der Waals surface area contributed by atoms with E-state index in [4.69, 9.17) is 5.73 Å². The van der Waals surface area contributed by atoms with Crippen LogP contribution < -0.4 is 10.6 Å². The average molecular weight is 382 g/mol. The summed E-state index contributed by atoms with van der Waals surface area (Å²) in [4.78, 5) is 4.75. The lowest BCUT2D eigenvalue weighted by molar-refractivity contribution is 0.249. The summed E-state index contributed by atoms with van der Waals surface area (Å²) in [6, 6.07) is 12.1. The number of rotatable bonds is 3. The van der Waals surface area contributed by atoms with Gasteiger partial charge in [-0.25, -0.2) is 0 Å². The number of hydrogen-bond donors (Lipinski definition) is 1. The maximum Gasteiger partial charge on any atom is 0.177 e. The van der Waals surface area contributed by atoms with E-state index in [1.54, 1.807) is 10.8 Å². The standard InChI is InChI=1S/C16H19N7.2ClH/c17-14-3-1-2-13(10-14)11-21-6-8-22(9-7-21)16-5-4-15-19-18-12-23(15)20-16;;/h1-5,10,12H,6-9,11,17H2;2*1H. The van der Waals surface area contributed by atoms with Crippen LogP contribution in [-0.2, 0) is 6.54 Å². The molecule has 2 N–H and O–H groups in total. The third kappa shape index (κ3) is 4.31. The van der Waals surface area contributed by atoms with Gasteiger partial charge in [-0.3, -0.25) is 4.90 Å². The summed E-state index contributed by atoms with van der Waals surface area (Å²) >= 11 is 0. The number of halogens is 2. The Morgan fingerprint density at radius 1 is 1.00 bits per heavy atom. The van der Waals surface area contributed by atoms with E-state index in [2.05, 4.69) is 31.2 Å². The molecule has 1 aromatic carbocycles. The molecular weight excluding hydrogens is 361 g/mol. The van der Waals surface area contributed by atoms with Crippen molar-refractivity contribution in [1.82, 2.24) is 24.7 Å². The summed E-state index contributed by atoms with van der Waals surface area (Å²) in [6.07, 6.45) is 1.63. The van der Waals surface area contributed by atoms with Crippen molar-refractivity contribution < 1.29 is 0 Å². The molecular formula is C16H21Cl2N7. The first kappa shape index (κ1) is 19.2. The Hall–Kier alpha value is -2.09. The number of fused-ring (bicyclic) bond motifs is 1. The summed E-state index contributed by atoms with van der Waals surface area (Å²) in [5.41, 5.74) is 8.72. The van der Waals surface area contributed by atoms with E-state index in [9.17, 15) is 0 Å². The highest BCUT2D eigenvalue weighted by Gasteiger charge is 2.18. The van der Waals surface area contributed by atoms with Crippen LogP contribution in [0.3, 0.4) is 0 Å². The van der Waals surface area contributed by atoms with E-state index >= 15 is 0 Å². The molecule has 0 atom stereocenters. The molecule has 4 rings (SSSR count). The highest BCUT2D eigenvalue weighted by molar-refractivity contribution is 5.85. The molecule has 1 saturated heterocycles. The van der Waals surface area contributed by atoms with Gasteiger partial charge in [0.2, 0.25) is 0 Å². The lowest BCUT2D eigenvalue weighted by Crippen LogP contribution is -2.46. The summed E-state index contributed by atoms with van der Waals surface area (Å²) in [7, 11) is 0. The highest BCUT2D eigenvalue weighted by atomic mass is 35.5. The van der Waals surface area contributed by atoms with Gasteiger partial charge in [0.25, 0.3) is 0 Å². The summed E-state index contributed by atoms with van der Waals surface area (Å²) in [5.74, 6) is 0.973. The Labute approximate surface area is 158 Å². The molecule has 7 nitrogen and oxygen atoms in total. The third-order valence-electron chi connectivity index (χ3n) is 4.20. The molecule has 1 aliphatic heterocycles. The van der Waals surface area contributed by atoms with Crippen LogP contribution in [0.5, 0.6) is 0 Å². The summed E-state index contributed by atoms with van der Waals surface area (Å²) < 4.78 is 1.72. The Bertz CT molecular complexity index is 815. The highest BCUT2D eigenvalue weighted by Crippen LogP contribution is 2.16. The van der Waals surface area contributed by atoms with Crippen LogP contribution in [0.1, 0.15) is 5.56 Å². The number of hydrogen-bond acceptors (Lipinski definition) is 6. The zero-order valence-corrected chi connectivity index (χ0v) is 15.3. The fraction of sp³-hybridized carbons (Fsp3) is 0.312. The van der Waals surface area contributed by atoms with Crippen LogP contribution >= 0.6 is 24.8 Å². The fourth-order valence-corrected chi connectivity index (χ4v) is 2.97. The Balaban J connectivity index is 0.00000113. The molecule has 2 aromatic heterocycles. The van der Waals surface area contributed by atoms with Gasteiger partial charge in [0, 0.05) is 38.4 Å². The molecule has 0 aliphatic carbocycles. The minimum atomic E-state index is 0. The van der Waals surface area contributed by atoms with Gasteiger partial charge in [0.15, 0.2) is 5.65 Å². The van der Waals surface area contributed by atoms with Gasteiger partial charge in [-0.1, -0.05) is 12.1 Å². The van der Waals surface area contributed by atoms with Crippen molar-refractivity contribution in [1.29, 1.82) is 0 Å². The molecule has 0 unspecified atom stereocenters. The first-order valence-electron chi connectivity index (χ1n) is 7.77. The van der Waals surface area contributed by atoms with Gasteiger partial charge in [-0.05, 0) is 29.8 Å². The van der Waals surface area contributed by atoms with Gasteiger partial charge in [-0.15, -0.1) is 40.1 Å². The normalized spacial score (nSPS) is 14.8. The Morgan fingerprint density at radius 2 is 1.80 bits per heavy atom. The van der Waals surface area contributed by atoms with Gasteiger partial charge in [-0.2, -0.15) is 4.52 Å². The van der Waals surface area contributed by atoms with E-state index in [1.165, 1.54) is 5.56 Å². The number of aromatic nitrogens is 4. The zero-order chi connectivity index (χ0) is 15.6. The van der Waals surface area contributed by atoms with Crippen molar-refractivity contribution in [3.63, 3.8) is 0 Å². The largest absolute Gasteiger partial charge is 0.399 e. The number of piperazine rings is 1. The van der Waals surface area contributed by atoms with E-state index < -0.39 is 0 Å². The second-order valence-corrected chi connectivity index (χ2v) is 5.83. The molecule has 0 spiro atoms. The van der Waals surface area contributed by atoms with Gasteiger partial charge in [0.1, 0.15) is 12.1 Å². The Kier molecular flexibility index (Phi) is 6.41. The molecule has 25 heavy (non-hydrogen) atoms. The van der Waals surface area contributed by atoms with Crippen molar-refractivity contribution in [2.75, 3.05) is 36.8 Å². The second kappa shape index (κ2) is 8.33. The van der Waals surface area contributed by atoms with Crippen LogP contribution in [0.25, 0.3) is 5.65 Å². The minimum absolute atomic E-state index is 0. The molecule has 0 saturated carbocycles. The topological polar surface area (TPSA) is 75.6 Å². The lowest BCUT2D eigenvalue weighted by atomic mass is 10.2. The monoisotopic (exact) mass is 381 g/mol. The van der Waals surface area contributed by atoms with Gasteiger partial charge in [0.05, 0.1) is 0 Å². The first-order valence-corrected chi connectivity index (χ1v) is 7.77. The molecule has 9 heteroatoms. The second-order valence-electron chi connectivity index (χ2n) is 5.83. The van der Waals surface area contributed by atoms with E-state index in [0.717, 1.165) is 49.9 Å². The SMILES string of the molecule is Cl.Cl.Nc1cccc(CN2CCN(c3ccc4nncn4n3)CC2)c1. The smallest absolute Gasteiger partial charge is 0.177 e. The third-order valence-corrected chi connectivity index (χ3v) is 4.20. The summed E-state index contributed by atoms with van der Waals surface area (Å²) in [6.45, 7) is 4.88. The molecule has 0 bridgehead atoms. The van der Waals surface area contributed by atoms with Crippen molar-refractivity contribution in [3.05, 3.63) is 48.3 Å². The molecule has 3 aromatic rings.